The van der Waals surface area contributed by atoms with Crippen LogP contribution in [0, 0.1) is 0 Å². The smallest absolute Gasteiger partial charge is 0.247 e. The standard InChI is InChI=1S/C30H36N2O5S/c1-35-23-13-7-10-21(18-23)20-32(27(33)19-24-14-9-17-38-24)28(30(34)31-22-11-5-4-6-12-22)25-15-8-16-26(36-2)29(25)37-3/h7-10,13-18,22,28H,4-6,11-12,19-20H2,1-3H3,(H,31,34)/t28-/m1/s1. The van der Waals surface area contributed by atoms with Crippen molar-refractivity contribution < 1.29 is 23.8 Å². The first kappa shape index (κ1) is 27.5. The number of carbonyl (C=O) groups is 2. The lowest BCUT2D eigenvalue weighted by molar-refractivity contribution is -0.141. The molecule has 0 radical (unpaired) electrons. The topological polar surface area (TPSA) is 77.1 Å². The number of hydrogen-bond acceptors (Lipinski definition) is 6. The normalized spacial score (nSPS) is 14.4. The molecule has 1 saturated carbocycles. The van der Waals surface area contributed by atoms with Gasteiger partial charge >= 0.3 is 0 Å². The number of methoxy groups -OCH3 is 3. The van der Waals surface area contributed by atoms with Crippen LogP contribution in [-0.2, 0) is 22.6 Å². The van der Waals surface area contributed by atoms with Crippen LogP contribution in [0.2, 0.25) is 0 Å². The third kappa shape index (κ3) is 6.67. The van der Waals surface area contributed by atoms with Gasteiger partial charge in [0, 0.05) is 23.0 Å². The summed E-state index contributed by atoms with van der Waals surface area (Å²) < 4.78 is 16.7. The number of ether oxygens (including phenoxy) is 3. The highest BCUT2D eigenvalue weighted by molar-refractivity contribution is 7.10. The molecule has 1 heterocycles. The number of rotatable bonds is 11. The van der Waals surface area contributed by atoms with Crippen LogP contribution in [0.5, 0.6) is 17.2 Å². The van der Waals surface area contributed by atoms with Crippen LogP contribution < -0.4 is 19.5 Å². The number of hydrogen-bond donors (Lipinski definition) is 1. The Kier molecular flexibility index (Phi) is 9.65. The Labute approximate surface area is 228 Å². The largest absolute Gasteiger partial charge is 0.497 e. The maximum Gasteiger partial charge on any atom is 0.247 e. The average Bonchev–Trinajstić information content (AvgIpc) is 3.46. The molecule has 1 aliphatic rings. The fraction of sp³-hybridized carbons (Fsp3) is 0.400. The summed E-state index contributed by atoms with van der Waals surface area (Å²) in [6, 6.07) is 16.1. The van der Waals surface area contributed by atoms with Gasteiger partial charge in [-0.25, -0.2) is 0 Å². The van der Waals surface area contributed by atoms with E-state index in [-0.39, 0.29) is 30.8 Å². The van der Waals surface area contributed by atoms with Gasteiger partial charge in [-0.05, 0) is 48.1 Å². The molecular weight excluding hydrogens is 500 g/mol. The van der Waals surface area contributed by atoms with Crippen LogP contribution in [0.1, 0.15) is 54.1 Å². The molecule has 38 heavy (non-hydrogen) atoms. The molecule has 0 spiro atoms. The van der Waals surface area contributed by atoms with Crippen LogP contribution >= 0.6 is 11.3 Å². The van der Waals surface area contributed by atoms with Crippen LogP contribution in [0.15, 0.2) is 60.0 Å². The second-order valence-corrected chi connectivity index (χ2v) is 10.5. The molecule has 1 fully saturated rings. The van der Waals surface area contributed by atoms with Gasteiger partial charge in [-0.15, -0.1) is 11.3 Å². The Hall–Kier alpha value is -3.52. The molecule has 0 saturated heterocycles. The lowest BCUT2D eigenvalue weighted by atomic mass is 9.94. The summed E-state index contributed by atoms with van der Waals surface area (Å²) in [5.74, 6) is 1.27. The Morgan fingerprint density at radius 2 is 1.76 bits per heavy atom. The fourth-order valence-corrected chi connectivity index (χ4v) is 5.76. The van der Waals surface area contributed by atoms with Crippen molar-refractivity contribution in [3.05, 3.63) is 76.0 Å². The van der Waals surface area contributed by atoms with Crippen molar-refractivity contribution >= 4 is 23.2 Å². The monoisotopic (exact) mass is 536 g/mol. The maximum absolute atomic E-state index is 14.1. The molecular formula is C30H36N2O5S. The second-order valence-electron chi connectivity index (χ2n) is 9.46. The molecule has 2 aromatic carbocycles. The first-order valence-electron chi connectivity index (χ1n) is 13.0. The van der Waals surface area contributed by atoms with Crippen LogP contribution in [0.4, 0.5) is 0 Å². The van der Waals surface area contributed by atoms with E-state index in [4.69, 9.17) is 14.2 Å². The lowest BCUT2D eigenvalue weighted by Crippen LogP contribution is -2.47. The summed E-state index contributed by atoms with van der Waals surface area (Å²) in [5, 5.41) is 5.21. The molecule has 8 heteroatoms. The minimum atomic E-state index is -0.916. The molecule has 2 amide bonds. The summed E-state index contributed by atoms with van der Waals surface area (Å²) in [7, 11) is 4.73. The van der Waals surface area contributed by atoms with Gasteiger partial charge in [0.1, 0.15) is 11.8 Å². The Balaban J connectivity index is 1.79. The van der Waals surface area contributed by atoms with Gasteiger partial charge in [0.2, 0.25) is 11.8 Å². The van der Waals surface area contributed by atoms with Crippen molar-refractivity contribution in [3.63, 3.8) is 0 Å². The SMILES string of the molecule is COc1cccc(CN(C(=O)Cc2cccs2)[C@@H](C(=O)NC2CCCCC2)c2cccc(OC)c2OC)c1. The molecule has 7 nitrogen and oxygen atoms in total. The highest BCUT2D eigenvalue weighted by atomic mass is 32.1. The molecule has 3 aromatic rings. The first-order chi connectivity index (χ1) is 18.5. The van der Waals surface area contributed by atoms with E-state index in [2.05, 4.69) is 5.32 Å². The third-order valence-electron chi connectivity index (χ3n) is 6.95. The molecule has 1 aromatic heterocycles. The first-order valence-corrected chi connectivity index (χ1v) is 13.9. The van der Waals surface area contributed by atoms with Crippen molar-refractivity contribution in [2.24, 2.45) is 0 Å². The van der Waals surface area contributed by atoms with Gasteiger partial charge in [0.25, 0.3) is 0 Å². The number of benzene rings is 2. The van der Waals surface area contributed by atoms with Gasteiger partial charge < -0.3 is 24.4 Å². The minimum Gasteiger partial charge on any atom is -0.497 e. The van der Waals surface area contributed by atoms with E-state index in [9.17, 15) is 9.59 Å². The van der Waals surface area contributed by atoms with Crippen LogP contribution in [-0.4, -0.2) is 44.1 Å². The van der Waals surface area contributed by atoms with Gasteiger partial charge in [0.15, 0.2) is 11.5 Å². The molecule has 0 bridgehead atoms. The molecule has 4 rings (SSSR count). The predicted molar refractivity (Wildman–Crippen MR) is 149 cm³/mol. The molecule has 1 atom stereocenters. The molecule has 0 unspecified atom stereocenters. The predicted octanol–water partition coefficient (Wildman–Crippen LogP) is 5.54. The van der Waals surface area contributed by atoms with Crippen LogP contribution in [0.25, 0.3) is 0 Å². The highest BCUT2D eigenvalue weighted by Gasteiger charge is 2.36. The van der Waals surface area contributed by atoms with Gasteiger partial charge in [0.05, 0.1) is 27.8 Å². The maximum atomic E-state index is 14.1. The van der Waals surface area contributed by atoms with E-state index >= 15 is 0 Å². The molecule has 1 aliphatic carbocycles. The van der Waals surface area contributed by atoms with Crippen molar-refractivity contribution in [1.82, 2.24) is 10.2 Å². The number of nitrogens with one attached hydrogen (secondary N) is 1. The Bertz CT molecular complexity index is 1210. The lowest BCUT2D eigenvalue weighted by Gasteiger charge is -2.34. The number of thiophene rings is 1. The number of para-hydroxylation sites is 1. The molecule has 1 N–H and O–H groups in total. The van der Waals surface area contributed by atoms with E-state index in [1.54, 1.807) is 32.3 Å². The van der Waals surface area contributed by atoms with Crippen molar-refractivity contribution in [3.8, 4) is 17.2 Å². The fourth-order valence-electron chi connectivity index (χ4n) is 5.06. The minimum absolute atomic E-state index is 0.0846. The third-order valence-corrected chi connectivity index (χ3v) is 7.83. The van der Waals surface area contributed by atoms with Gasteiger partial charge in [-0.3, -0.25) is 9.59 Å². The Morgan fingerprint density at radius 1 is 0.974 bits per heavy atom. The summed E-state index contributed by atoms with van der Waals surface area (Å²) >= 11 is 1.53. The van der Waals surface area contributed by atoms with E-state index in [0.717, 1.165) is 36.1 Å². The van der Waals surface area contributed by atoms with Gasteiger partial charge in [-0.2, -0.15) is 0 Å². The Morgan fingerprint density at radius 3 is 2.45 bits per heavy atom. The quantitative estimate of drug-likeness (QED) is 0.348. The van der Waals surface area contributed by atoms with E-state index < -0.39 is 6.04 Å². The summed E-state index contributed by atoms with van der Waals surface area (Å²) in [6.45, 7) is 0.227. The zero-order valence-electron chi connectivity index (χ0n) is 22.3. The number of amides is 2. The average molecular weight is 537 g/mol. The summed E-state index contributed by atoms with van der Waals surface area (Å²) in [5.41, 5.74) is 1.45. The molecule has 202 valence electrons. The van der Waals surface area contributed by atoms with E-state index in [1.807, 2.05) is 53.9 Å². The molecule has 0 aliphatic heterocycles. The second kappa shape index (κ2) is 13.3. The highest BCUT2D eigenvalue weighted by Crippen LogP contribution is 2.38. The zero-order chi connectivity index (χ0) is 26.9. The van der Waals surface area contributed by atoms with Crippen molar-refractivity contribution in [2.75, 3.05) is 21.3 Å². The van der Waals surface area contributed by atoms with Crippen molar-refractivity contribution in [2.45, 2.75) is 57.2 Å². The van der Waals surface area contributed by atoms with Gasteiger partial charge in [-0.1, -0.05) is 49.6 Å². The van der Waals surface area contributed by atoms with Crippen molar-refractivity contribution in [1.29, 1.82) is 0 Å². The summed E-state index contributed by atoms with van der Waals surface area (Å²) in [4.78, 5) is 30.7. The number of carbonyl (C=O) groups excluding carboxylic acids is 2. The summed E-state index contributed by atoms with van der Waals surface area (Å²) in [6.07, 6.45) is 5.42. The van der Waals surface area contributed by atoms with E-state index in [1.165, 1.54) is 17.8 Å². The van der Waals surface area contributed by atoms with E-state index in [0.29, 0.717) is 22.8 Å². The number of nitrogens with zero attached hydrogens (tertiary/aromatic N) is 1. The van der Waals surface area contributed by atoms with Crippen LogP contribution in [0.3, 0.4) is 0 Å². The zero-order valence-corrected chi connectivity index (χ0v) is 23.1.